The molecule has 34 heavy (non-hydrogen) atoms. The van der Waals surface area contributed by atoms with E-state index in [1.165, 1.54) is 11.0 Å². The van der Waals surface area contributed by atoms with E-state index in [4.69, 9.17) is 4.74 Å². The molecule has 3 aliphatic rings. The molecule has 1 N–H and O–H groups in total. The Bertz CT molecular complexity index is 1130. The second kappa shape index (κ2) is 8.98. The minimum absolute atomic E-state index is 0.183. The number of piperazine rings is 1. The number of carbonyl (C=O) groups is 3. The highest BCUT2D eigenvalue weighted by molar-refractivity contribution is 6.05. The van der Waals surface area contributed by atoms with Crippen molar-refractivity contribution in [2.75, 3.05) is 38.2 Å². The number of nitrogens with zero attached hydrogens (tertiary/aromatic N) is 5. The summed E-state index contributed by atoms with van der Waals surface area (Å²) in [5.74, 6) is -1.17. The zero-order valence-electron chi connectivity index (χ0n) is 18.8. The number of benzene rings is 1. The minimum atomic E-state index is -0.714. The highest BCUT2D eigenvalue weighted by atomic mass is 19.1. The van der Waals surface area contributed by atoms with Gasteiger partial charge in [-0.25, -0.2) is 9.37 Å². The van der Waals surface area contributed by atoms with Crippen LogP contribution in [0.3, 0.4) is 0 Å². The third-order valence-corrected chi connectivity index (χ3v) is 6.58. The van der Waals surface area contributed by atoms with E-state index in [9.17, 15) is 14.4 Å². The lowest BCUT2D eigenvalue weighted by atomic mass is 10.0. The Morgan fingerprint density at radius 2 is 1.91 bits per heavy atom. The third-order valence-electron chi connectivity index (χ3n) is 6.58. The molecule has 178 valence electrons. The lowest BCUT2D eigenvalue weighted by Gasteiger charge is -2.36. The Labute approximate surface area is 195 Å². The SMILES string of the molecule is COc1cnc(CN2CCN(c3cc4c(cc3F)C(=O)N(C3CCC(=O)NC3=O)C4)CC2)cn1. The van der Waals surface area contributed by atoms with Crippen molar-refractivity contribution in [3.8, 4) is 5.88 Å². The average molecular weight is 468 g/mol. The Balaban J connectivity index is 1.25. The highest BCUT2D eigenvalue weighted by Gasteiger charge is 2.40. The van der Waals surface area contributed by atoms with Gasteiger partial charge in [-0.1, -0.05) is 0 Å². The molecular weight excluding hydrogens is 443 g/mol. The van der Waals surface area contributed by atoms with Crippen LogP contribution in [0.1, 0.15) is 34.5 Å². The van der Waals surface area contributed by atoms with Crippen molar-refractivity contribution in [1.82, 2.24) is 25.1 Å². The fourth-order valence-electron chi connectivity index (χ4n) is 4.72. The number of anilines is 1. The molecule has 2 aromatic rings. The van der Waals surface area contributed by atoms with E-state index in [0.717, 1.165) is 18.8 Å². The first-order valence-electron chi connectivity index (χ1n) is 11.2. The summed E-state index contributed by atoms with van der Waals surface area (Å²) in [4.78, 5) is 50.7. The van der Waals surface area contributed by atoms with Gasteiger partial charge in [0.2, 0.25) is 17.7 Å². The number of piperidine rings is 1. The van der Waals surface area contributed by atoms with E-state index in [2.05, 4.69) is 20.2 Å². The maximum Gasteiger partial charge on any atom is 0.255 e. The summed E-state index contributed by atoms with van der Waals surface area (Å²) in [6.07, 6.45) is 3.74. The summed E-state index contributed by atoms with van der Waals surface area (Å²) in [5, 5.41) is 2.28. The van der Waals surface area contributed by atoms with Crippen LogP contribution >= 0.6 is 0 Å². The Kier molecular flexibility index (Phi) is 5.86. The molecule has 1 aromatic carbocycles. The van der Waals surface area contributed by atoms with Gasteiger partial charge in [0.25, 0.3) is 5.91 Å². The predicted octanol–water partition coefficient (Wildman–Crippen LogP) is 0.708. The normalized spacial score (nSPS) is 21.0. The molecular formula is C23H25FN6O4. The van der Waals surface area contributed by atoms with E-state index >= 15 is 4.39 Å². The highest BCUT2D eigenvalue weighted by Crippen LogP contribution is 2.33. The van der Waals surface area contributed by atoms with Crippen LogP contribution in [0.25, 0.3) is 0 Å². The van der Waals surface area contributed by atoms with Gasteiger partial charge in [-0.3, -0.25) is 29.6 Å². The van der Waals surface area contributed by atoms with E-state index in [1.54, 1.807) is 25.6 Å². The second-order valence-electron chi connectivity index (χ2n) is 8.67. The van der Waals surface area contributed by atoms with Crippen molar-refractivity contribution in [3.05, 3.63) is 47.2 Å². The van der Waals surface area contributed by atoms with Crippen molar-refractivity contribution < 1.29 is 23.5 Å². The molecule has 10 nitrogen and oxygen atoms in total. The zero-order chi connectivity index (χ0) is 23.8. The molecule has 0 bridgehead atoms. The first-order chi connectivity index (χ1) is 16.4. The van der Waals surface area contributed by atoms with Gasteiger partial charge in [-0.2, -0.15) is 0 Å². The van der Waals surface area contributed by atoms with Crippen molar-refractivity contribution in [2.45, 2.75) is 32.0 Å². The molecule has 0 aliphatic carbocycles. The third kappa shape index (κ3) is 4.18. The predicted molar refractivity (Wildman–Crippen MR) is 119 cm³/mol. The standard InChI is InChI=1S/C23H25FN6O4/c1-34-21-11-25-15(10-26-21)13-28-4-6-29(7-5-28)19-8-14-12-30(23(33)16(14)9-17(19)24)18-2-3-20(31)27-22(18)32/h8-11,18H,2-7,12-13H2,1H3,(H,27,31,32). The van der Waals surface area contributed by atoms with E-state index in [1.807, 2.05) is 4.90 Å². The summed E-state index contributed by atoms with van der Waals surface area (Å²) < 4.78 is 20.1. The molecule has 1 aromatic heterocycles. The molecule has 3 amide bonds. The van der Waals surface area contributed by atoms with E-state index < -0.39 is 17.8 Å². The first kappa shape index (κ1) is 22.2. The van der Waals surface area contributed by atoms with Crippen LogP contribution in [0.2, 0.25) is 0 Å². The Morgan fingerprint density at radius 1 is 1.12 bits per heavy atom. The lowest BCUT2D eigenvalue weighted by Crippen LogP contribution is -2.52. The van der Waals surface area contributed by atoms with Gasteiger partial charge in [0.05, 0.1) is 30.9 Å². The quantitative estimate of drug-likeness (QED) is 0.640. The molecule has 1 atom stereocenters. The topological polar surface area (TPSA) is 108 Å². The smallest absolute Gasteiger partial charge is 0.255 e. The monoisotopic (exact) mass is 468 g/mol. The first-order valence-corrected chi connectivity index (χ1v) is 11.2. The zero-order valence-corrected chi connectivity index (χ0v) is 18.8. The van der Waals surface area contributed by atoms with Crippen LogP contribution < -0.4 is 15.0 Å². The molecule has 2 saturated heterocycles. The van der Waals surface area contributed by atoms with Crippen molar-refractivity contribution in [3.63, 3.8) is 0 Å². The van der Waals surface area contributed by atoms with Crippen LogP contribution in [0.15, 0.2) is 24.5 Å². The van der Waals surface area contributed by atoms with Gasteiger partial charge in [-0.15, -0.1) is 0 Å². The largest absolute Gasteiger partial charge is 0.480 e. The van der Waals surface area contributed by atoms with Gasteiger partial charge < -0.3 is 14.5 Å². The molecule has 2 fully saturated rings. The van der Waals surface area contributed by atoms with E-state index in [-0.39, 0.29) is 36.8 Å². The molecule has 0 radical (unpaired) electrons. The van der Waals surface area contributed by atoms with Crippen molar-refractivity contribution >= 4 is 23.4 Å². The number of methoxy groups -OCH3 is 1. The number of halogens is 1. The maximum absolute atomic E-state index is 15.0. The molecule has 3 aliphatic heterocycles. The number of fused-ring (bicyclic) bond motifs is 1. The number of nitrogens with one attached hydrogen (secondary N) is 1. The molecule has 0 spiro atoms. The van der Waals surface area contributed by atoms with Gasteiger partial charge in [0.1, 0.15) is 11.9 Å². The summed E-state index contributed by atoms with van der Waals surface area (Å²) in [5.41, 5.74) is 2.27. The second-order valence-corrected chi connectivity index (χ2v) is 8.67. The fourth-order valence-corrected chi connectivity index (χ4v) is 4.72. The summed E-state index contributed by atoms with van der Waals surface area (Å²) >= 11 is 0. The fraction of sp³-hybridized carbons (Fsp3) is 0.435. The molecule has 0 saturated carbocycles. The van der Waals surface area contributed by atoms with Gasteiger partial charge in [-0.05, 0) is 24.1 Å². The van der Waals surface area contributed by atoms with Crippen LogP contribution in [0.5, 0.6) is 5.88 Å². The van der Waals surface area contributed by atoms with E-state index in [0.29, 0.717) is 36.8 Å². The molecule has 11 heteroatoms. The number of aromatic nitrogens is 2. The van der Waals surface area contributed by atoms with Crippen LogP contribution in [-0.4, -0.2) is 76.8 Å². The number of imide groups is 1. The number of ether oxygens (including phenoxy) is 1. The number of rotatable bonds is 5. The van der Waals surface area contributed by atoms with Gasteiger partial charge in [0.15, 0.2) is 0 Å². The molecule has 4 heterocycles. The van der Waals surface area contributed by atoms with Crippen LogP contribution in [0, 0.1) is 5.82 Å². The van der Waals surface area contributed by atoms with Crippen molar-refractivity contribution in [1.29, 1.82) is 0 Å². The summed E-state index contributed by atoms with van der Waals surface area (Å²) in [6.45, 7) is 3.59. The van der Waals surface area contributed by atoms with Gasteiger partial charge in [0, 0.05) is 51.3 Å². The number of hydrogen-bond acceptors (Lipinski definition) is 8. The van der Waals surface area contributed by atoms with Crippen LogP contribution in [0.4, 0.5) is 10.1 Å². The summed E-state index contributed by atoms with van der Waals surface area (Å²) in [7, 11) is 1.54. The summed E-state index contributed by atoms with van der Waals surface area (Å²) in [6, 6.07) is 2.28. The number of amides is 3. The maximum atomic E-state index is 15.0. The lowest BCUT2D eigenvalue weighted by molar-refractivity contribution is -0.136. The number of carbonyl (C=O) groups excluding carboxylic acids is 3. The Hall–Kier alpha value is -3.60. The van der Waals surface area contributed by atoms with Gasteiger partial charge >= 0.3 is 0 Å². The number of hydrogen-bond donors (Lipinski definition) is 1. The minimum Gasteiger partial charge on any atom is -0.480 e. The Morgan fingerprint density at radius 3 is 2.59 bits per heavy atom. The average Bonchev–Trinajstić information content (AvgIpc) is 3.15. The van der Waals surface area contributed by atoms with Crippen molar-refractivity contribution in [2.24, 2.45) is 0 Å². The van der Waals surface area contributed by atoms with Crippen LogP contribution in [-0.2, 0) is 22.7 Å². The molecule has 5 rings (SSSR count). The molecule has 1 unspecified atom stereocenters.